The van der Waals surface area contributed by atoms with Crippen LogP contribution in [0.5, 0.6) is 0 Å². The molecule has 2 N–H and O–H groups in total. The summed E-state index contributed by atoms with van der Waals surface area (Å²) in [6.07, 6.45) is 5.12. The molecule has 5 rings (SSSR count). The third-order valence-corrected chi connectivity index (χ3v) is 9.46. The molecule has 0 radical (unpaired) electrons. The number of rotatable bonds is 6. The number of primary amides is 1. The topological polar surface area (TPSA) is 80.5 Å². The smallest absolute Gasteiger partial charge is 0.246 e. The highest BCUT2D eigenvalue weighted by Gasteiger charge is 2.56. The number of hydrogen-bond acceptors (Lipinski definition) is 3. The molecular formula is C21H28ClFN2O3S. The highest BCUT2D eigenvalue weighted by Crippen LogP contribution is 2.57. The molecule has 0 atom stereocenters. The van der Waals surface area contributed by atoms with Crippen LogP contribution in [0.1, 0.15) is 52.4 Å². The number of nitrogens with two attached hydrogens (primary N) is 1. The summed E-state index contributed by atoms with van der Waals surface area (Å²) in [6.45, 7) is 3.43. The minimum absolute atomic E-state index is 0.121. The van der Waals surface area contributed by atoms with Gasteiger partial charge in [-0.3, -0.25) is 4.79 Å². The SMILES string of the molecule is CC(C)(CC(N)=O)N(C1C2CC3CC(C2)CC1C3)S(=O)(=O)c1ccc(Cl)cc1F. The number of benzene rings is 1. The number of carbonyl (C=O) groups is 1. The fourth-order valence-electron chi connectivity index (χ4n) is 6.46. The second-order valence-electron chi connectivity index (χ2n) is 9.75. The maximum absolute atomic E-state index is 14.7. The molecule has 1 amide bonds. The zero-order chi connectivity index (χ0) is 21.1. The van der Waals surface area contributed by atoms with Gasteiger partial charge in [0, 0.05) is 23.0 Å². The van der Waals surface area contributed by atoms with Crippen LogP contribution in [0, 0.1) is 29.5 Å². The zero-order valence-corrected chi connectivity index (χ0v) is 18.3. The predicted molar refractivity (Wildman–Crippen MR) is 109 cm³/mol. The average molecular weight is 443 g/mol. The standard InChI is InChI=1S/C21H28ClFN2O3S/c1-21(2,11-19(24)26)25(29(27,28)18-4-3-16(22)10-17(18)23)20-14-6-12-5-13(8-14)9-15(20)7-12/h3-4,10,12-15,20H,5-9,11H2,1-2H3,(H2,24,26). The van der Waals surface area contributed by atoms with Gasteiger partial charge in [0.1, 0.15) is 10.7 Å². The molecular weight excluding hydrogens is 415 g/mol. The van der Waals surface area contributed by atoms with Crippen molar-refractivity contribution in [3.63, 3.8) is 0 Å². The Kier molecular flexibility index (Phi) is 5.23. The summed E-state index contributed by atoms with van der Waals surface area (Å²) in [6, 6.07) is 3.38. The normalized spacial score (nSPS) is 31.4. The first kappa shape index (κ1) is 21.1. The maximum Gasteiger partial charge on any atom is 0.246 e. The van der Waals surface area contributed by atoms with E-state index in [1.807, 2.05) is 0 Å². The van der Waals surface area contributed by atoms with Gasteiger partial charge in [-0.2, -0.15) is 4.31 Å². The lowest BCUT2D eigenvalue weighted by Gasteiger charge is -2.59. The molecule has 0 heterocycles. The third kappa shape index (κ3) is 3.70. The van der Waals surface area contributed by atoms with Crippen LogP contribution in [-0.4, -0.2) is 30.2 Å². The van der Waals surface area contributed by atoms with Crippen molar-refractivity contribution in [2.75, 3.05) is 0 Å². The van der Waals surface area contributed by atoms with E-state index in [9.17, 15) is 17.6 Å². The summed E-state index contributed by atoms with van der Waals surface area (Å²) in [4.78, 5) is 11.4. The van der Waals surface area contributed by atoms with Gasteiger partial charge >= 0.3 is 0 Å². The molecule has 5 nitrogen and oxygen atoms in total. The molecule has 4 aliphatic rings. The molecule has 0 aromatic heterocycles. The molecule has 1 aromatic carbocycles. The molecule has 4 bridgehead atoms. The van der Waals surface area contributed by atoms with Gasteiger partial charge in [-0.15, -0.1) is 0 Å². The molecule has 4 fully saturated rings. The van der Waals surface area contributed by atoms with Gasteiger partial charge in [0.25, 0.3) is 0 Å². The number of carbonyl (C=O) groups excluding carboxylic acids is 1. The highest BCUT2D eigenvalue weighted by molar-refractivity contribution is 7.89. The quantitative estimate of drug-likeness (QED) is 0.724. The van der Waals surface area contributed by atoms with E-state index in [0.717, 1.165) is 31.7 Å². The molecule has 1 aromatic rings. The minimum atomic E-state index is -4.20. The van der Waals surface area contributed by atoms with Crippen LogP contribution in [-0.2, 0) is 14.8 Å². The molecule has 0 spiro atoms. The molecule has 0 aliphatic heterocycles. The van der Waals surface area contributed by atoms with E-state index in [2.05, 4.69) is 0 Å². The monoisotopic (exact) mass is 442 g/mol. The van der Waals surface area contributed by atoms with Gasteiger partial charge in [0.05, 0.1) is 0 Å². The fraction of sp³-hybridized carbons (Fsp3) is 0.667. The van der Waals surface area contributed by atoms with Crippen LogP contribution in [0.3, 0.4) is 0 Å². The number of sulfonamides is 1. The van der Waals surface area contributed by atoms with Crippen LogP contribution in [0.25, 0.3) is 0 Å². The van der Waals surface area contributed by atoms with Crippen LogP contribution in [0.15, 0.2) is 23.1 Å². The molecule has 0 unspecified atom stereocenters. The van der Waals surface area contributed by atoms with Gasteiger partial charge in [0.15, 0.2) is 0 Å². The Hall–Kier alpha value is -1.18. The van der Waals surface area contributed by atoms with Crippen LogP contribution >= 0.6 is 11.6 Å². The molecule has 8 heteroatoms. The number of halogens is 2. The van der Waals surface area contributed by atoms with Gasteiger partial charge in [-0.05, 0) is 87.8 Å². The minimum Gasteiger partial charge on any atom is -0.370 e. The van der Waals surface area contributed by atoms with E-state index in [-0.39, 0.29) is 29.3 Å². The zero-order valence-electron chi connectivity index (χ0n) is 16.8. The van der Waals surface area contributed by atoms with Crippen molar-refractivity contribution in [3.8, 4) is 0 Å². The summed E-state index contributed by atoms with van der Waals surface area (Å²) < 4.78 is 43.7. The fourth-order valence-corrected chi connectivity index (χ4v) is 8.76. The first-order valence-electron chi connectivity index (χ1n) is 10.3. The number of hydrogen-bond donors (Lipinski definition) is 1. The molecule has 4 aliphatic carbocycles. The second-order valence-corrected chi connectivity index (χ2v) is 12.0. The first-order chi connectivity index (χ1) is 13.5. The Bertz CT molecular complexity index is 906. The molecule has 4 saturated carbocycles. The van der Waals surface area contributed by atoms with Crippen LogP contribution < -0.4 is 5.73 Å². The molecule has 29 heavy (non-hydrogen) atoms. The van der Waals surface area contributed by atoms with E-state index < -0.39 is 32.2 Å². The van der Waals surface area contributed by atoms with Gasteiger partial charge < -0.3 is 5.73 Å². The summed E-state index contributed by atoms with van der Waals surface area (Å²) in [5.74, 6) is 0.346. The van der Waals surface area contributed by atoms with Gasteiger partial charge in [-0.1, -0.05) is 11.6 Å². The van der Waals surface area contributed by atoms with Crippen LogP contribution in [0.2, 0.25) is 5.02 Å². The predicted octanol–water partition coefficient (Wildman–Crippen LogP) is 3.95. The van der Waals surface area contributed by atoms with Crippen molar-refractivity contribution >= 4 is 27.5 Å². The Morgan fingerprint density at radius 2 is 1.72 bits per heavy atom. The van der Waals surface area contributed by atoms with Crippen molar-refractivity contribution < 1.29 is 17.6 Å². The summed E-state index contributed by atoms with van der Waals surface area (Å²) in [5, 5.41) is 0.138. The largest absolute Gasteiger partial charge is 0.370 e. The van der Waals surface area contributed by atoms with E-state index in [1.165, 1.54) is 22.9 Å². The van der Waals surface area contributed by atoms with Crippen molar-refractivity contribution in [3.05, 3.63) is 29.0 Å². The van der Waals surface area contributed by atoms with Crippen LogP contribution in [0.4, 0.5) is 4.39 Å². The lowest BCUT2D eigenvalue weighted by molar-refractivity contribution is -0.121. The van der Waals surface area contributed by atoms with Gasteiger partial charge in [0.2, 0.25) is 15.9 Å². The van der Waals surface area contributed by atoms with Crippen molar-refractivity contribution in [1.29, 1.82) is 0 Å². The second kappa shape index (κ2) is 7.20. The van der Waals surface area contributed by atoms with Crippen molar-refractivity contribution in [2.45, 2.75) is 68.8 Å². The lowest BCUT2D eigenvalue weighted by Crippen LogP contribution is -2.63. The van der Waals surface area contributed by atoms with E-state index in [1.54, 1.807) is 13.8 Å². The summed E-state index contributed by atoms with van der Waals surface area (Å²) in [5.41, 5.74) is 4.41. The highest BCUT2D eigenvalue weighted by atomic mass is 35.5. The summed E-state index contributed by atoms with van der Waals surface area (Å²) in [7, 11) is -4.20. The number of nitrogens with zero attached hydrogens (tertiary/aromatic N) is 1. The molecule has 0 saturated heterocycles. The molecule has 160 valence electrons. The van der Waals surface area contributed by atoms with Crippen molar-refractivity contribution in [1.82, 2.24) is 4.31 Å². The summed E-state index contributed by atoms with van der Waals surface area (Å²) >= 11 is 5.84. The van der Waals surface area contributed by atoms with Crippen molar-refractivity contribution in [2.24, 2.45) is 29.4 Å². The number of amides is 1. The Balaban J connectivity index is 1.82. The Morgan fingerprint density at radius 1 is 1.17 bits per heavy atom. The third-order valence-electron chi connectivity index (χ3n) is 7.08. The lowest BCUT2D eigenvalue weighted by atomic mass is 9.54. The Labute approximate surface area is 176 Å². The van der Waals surface area contributed by atoms with E-state index >= 15 is 0 Å². The van der Waals surface area contributed by atoms with Gasteiger partial charge in [-0.25, -0.2) is 12.8 Å². The maximum atomic E-state index is 14.7. The average Bonchev–Trinajstić information content (AvgIpc) is 2.55. The Morgan fingerprint density at radius 3 is 2.21 bits per heavy atom. The van der Waals surface area contributed by atoms with E-state index in [0.29, 0.717) is 11.8 Å². The first-order valence-corrected chi connectivity index (χ1v) is 12.1. The van der Waals surface area contributed by atoms with E-state index in [4.69, 9.17) is 17.3 Å².